The van der Waals surface area contributed by atoms with Crippen molar-refractivity contribution in [2.75, 3.05) is 19.5 Å². The van der Waals surface area contributed by atoms with Crippen molar-refractivity contribution in [1.82, 2.24) is 0 Å². The number of benzene rings is 1. The summed E-state index contributed by atoms with van der Waals surface area (Å²) in [6, 6.07) is 4.96. The molecule has 0 saturated heterocycles. The SMILES string of the molecule is CCCCCCOC(=O)c1cc(OC)ccc1N. The van der Waals surface area contributed by atoms with Gasteiger partial charge in [0.05, 0.1) is 19.3 Å². The highest BCUT2D eigenvalue weighted by Crippen LogP contribution is 2.20. The summed E-state index contributed by atoms with van der Waals surface area (Å²) >= 11 is 0. The quantitative estimate of drug-likeness (QED) is 0.459. The van der Waals surface area contributed by atoms with Gasteiger partial charge in [0.1, 0.15) is 5.75 Å². The molecule has 0 unspecified atom stereocenters. The molecule has 0 saturated carbocycles. The summed E-state index contributed by atoms with van der Waals surface area (Å²) in [4.78, 5) is 11.8. The molecule has 1 aromatic carbocycles. The Kier molecular flexibility index (Phi) is 6.05. The number of hydrogen-bond donors (Lipinski definition) is 1. The van der Waals surface area contributed by atoms with Crippen LogP contribution in [0.5, 0.6) is 5.75 Å². The molecule has 0 radical (unpaired) electrons. The van der Waals surface area contributed by atoms with Gasteiger partial charge in [0.15, 0.2) is 0 Å². The monoisotopic (exact) mass is 251 g/mol. The summed E-state index contributed by atoms with van der Waals surface area (Å²) in [6.45, 7) is 2.58. The maximum absolute atomic E-state index is 11.8. The second-order valence-corrected chi connectivity index (χ2v) is 4.15. The first-order valence-electron chi connectivity index (χ1n) is 6.29. The number of esters is 1. The second kappa shape index (κ2) is 7.58. The lowest BCUT2D eigenvalue weighted by Crippen LogP contribution is -2.09. The van der Waals surface area contributed by atoms with E-state index in [1.165, 1.54) is 6.42 Å². The van der Waals surface area contributed by atoms with Crippen molar-refractivity contribution in [1.29, 1.82) is 0 Å². The van der Waals surface area contributed by atoms with Crippen LogP contribution in [0.3, 0.4) is 0 Å². The van der Waals surface area contributed by atoms with E-state index in [0.29, 0.717) is 23.6 Å². The van der Waals surface area contributed by atoms with Crippen LogP contribution in [0.2, 0.25) is 0 Å². The van der Waals surface area contributed by atoms with Gasteiger partial charge in [0.2, 0.25) is 0 Å². The van der Waals surface area contributed by atoms with Crippen LogP contribution in [0, 0.1) is 0 Å². The van der Waals surface area contributed by atoms with E-state index in [1.807, 2.05) is 0 Å². The van der Waals surface area contributed by atoms with Gasteiger partial charge in [-0.15, -0.1) is 0 Å². The molecule has 0 aliphatic heterocycles. The molecule has 1 aromatic rings. The van der Waals surface area contributed by atoms with Gasteiger partial charge in [-0.2, -0.15) is 0 Å². The van der Waals surface area contributed by atoms with Crippen molar-refractivity contribution in [2.45, 2.75) is 32.6 Å². The fourth-order valence-corrected chi connectivity index (χ4v) is 1.61. The summed E-state index contributed by atoms with van der Waals surface area (Å²) in [5.41, 5.74) is 6.52. The Morgan fingerprint density at radius 1 is 1.28 bits per heavy atom. The summed E-state index contributed by atoms with van der Waals surface area (Å²) < 4.78 is 10.2. The van der Waals surface area contributed by atoms with Crippen LogP contribution < -0.4 is 10.5 Å². The Hall–Kier alpha value is -1.71. The van der Waals surface area contributed by atoms with Crippen molar-refractivity contribution in [3.8, 4) is 5.75 Å². The topological polar surface area (TPSA) is 61.5 Å². The van der Waals surface area contributed by atoms with Crippen molar-refractivity contribution in [3.05, 3.63) is 23.8 Å². The van der Waals surface area contributed by atoms with Gasteiger partial charge < -0.3 is 15.2 Å². The second-order valence-electron chi connectivity index (χ2n) is 4.15. The zero-order valence-electron chi connectivity index (χ0n) is 11.1. The van der Waals surface area contributed by atoms with Crippen LogP contribution in [0.1, 0.15) is 43.0 Å². The number of nitrogens with two attached hydrogens (primary N) is 1. The molecule has 0 aliphatic carbocycles. The largest absolute Gasteiger partial charge is 0.497 e. The minimum absolute atomic E-state index is 0.366. The van der Waals surface area contributed by atoms with E-state index in [9.17, 15) is 4.79 Å². The Bertz CT molecular complexity index is 391. The first-order chi connectivity index (χ1) is 8.69. The lowest BCUT2D eigenvalue weighted by molar-refractivity contribution is 0.0498. The fourth-order valence-electron chi connectivity index (χ4n) is 1.61. The standard InChI is InChI=1S/C14H21NO3/c1-3-4-5-6-9-18-14(16)12-10-11(17-2)7-8-13(12)15/h7-8,10H,3-6,9,15H2,1-2H3. The average Bonchev–Trinajstić information content (AvgIpc) is 2.39. The Morgan fingerprint density at radius 2 is 2.06 bits per heavy atom. The maximum Gasteiger partial charge on any atom is 0.340 e. The molecular formula is C14H21NO3. The molecule has 0 atom stereocenters. The number of ether oxygens (including phenoxy) is 2. The molecule has 0 heterocycles. The van der Waals surface area contributed by atoms with Gasteiger partial charge in [-0.1, -0.05) is 26.2 Å². The molecule has 0 bridgehead atoms. The number of rotatable bonds is 7. The number of carbonyl (C=O) groups is 1. The highest BCUT2D eigenvalue weighted by Gasteiger charge is 2.12. The number of anilines is 1. The number of methoxy groups -OCH3 is 1. The van der Waals surface area contributed by atoms with Crippen molar-refractivity contribution < 1.29 is 14.3 Å². The third-order valence-corrected chi connectivity index (χ3v) is 2.71. The van der Waals surface area contributed by atoms with Crippen LogP contribution in [0.25, 0.3) is 0 Å². The minimum Gasteiger partial charge on any atom is -0.497 e. The fraction of sp³-hybridized carbons (Fsp3) is 0.500. The Morgan fingerprint density at radius 3 is 2.72 bits per heavy atom. The number of nitrogen functional groups attached to an aromatic ring is 1. The minimum atomic E-state index is -0.386. The highest BCUT2D eigenvalue weighted by atomic mass is 16.5. The first-order valence-corrected chi connectivity index (χ1v) is 6.29. The average molecular weight is 251 g/mol. The first kappa shape index (κ1) is 14.4. The molecule has 0 fully saturated rings. The van der Waals surface area contributed by atoms with E-state index in [2.05, 4.69) is 6.92 Å². The Labute approximate surface area is 108 Å². The molecule has 4 heteroatoms. The molecule has 2 N–H and O–H groups in total. The predicted molar refractivity (Wildman–Crippen MR) is 71.8 cm³/mol. The summed E-state index contributed by atoms with van der Waals surface area (Å²) in [5, 5.41) is 0. The van der Waals surface area contributed by atoms with E-state index in [-0.39, 0.29) is 5.97 Å². The molecule has 1 rings (SSSR count). The van der Waals surface area contributed by atoms with E-state index >= 15 is 0 Å². The van der Waals surface area contributed by atoms with Gasteiger partial charge in [-0.05, 0) is 24.6 Å². The maximum atomic E-state index is 11.8. The molecular weight excluding hydrogens is 230 g/mol. The zero-order valence-corrected chi connectivity index (χ0v) is 11.1. The normalized spacial score (nSPS) is 10.1. The number of carbonyl (C=O) groups excluding carboxylic acids is 1. The van der Waals surface area contributed by atoms with Crippen molar-refractivity contribution in [2.24, 2.45) is 0 Å². The number of hydrogen-bond acceptors (Lipinski definition) is 4. The van der Waals surface area contributed by atoms with Crippen molar-refractivity contribution >= 4 is 11.7 Å². The summed E-state index contributed by atoms with van der Waals surface area (Å²) in [6.07, 6.45) is 4.30. The smallest absolute Gasteiger partial charge is 0.340 e. The zero-order chi connectivity index (χ0) is 13.4. The molecule has 0 aromatic heterocycles. The highest BCUT2D eigenvalue weighted by molar-refractivity contribution is 5.95. The van der Waals surface area contributed by atoms with E-state index < -0.39 is 0 Å². The van der Waals surface area contributed by atoms with Crippen LogP contribution in [0.4, 0.5) is 5.69 Å². The van der Waals surface area contributed by atoms with Gasteiger partial charge in [-0.25, -0.2) is 4.79 Å². The Balaban J connectivity index is 2.50. The molecule has 0 amide bonds. The van der Waals surface area contributed by atoms with Crippen LogP contribution in [-0.2, 0) is 4.74 Å². The molecule has 18 heavy (non-hydrogen) atoms. The van der Waals surface area contributed by atoms with Crippen LogP contribution in [-0.4, -0.2) is 19.7 Å². The van der Waals surface area contributed by atoms with Gasteiger partial charge in [-0.3, -0.25) is 0 Å². The third kappa shape index (κ3) is 4.28. The lowest BCUT2D eigenvalue weighted by atomic mass is 10.1. The van der Waals surface area contributed by atoms with E-state index in [1.54, 1.807) is 25.3 Å². The summed E-state index contributed by atoms with van der Waals surface area (Å²) in [7, 11) is 1.55. The summed E-state index contributed by atoms with van der Waals surface area (Å²) in [5.74, 6) is 0.213. The third-order valence-electron chi connectivity index (χ3n) is 2.71. The van der Waals surface area contributed by atoms with Gasteiger partial charge in [0, 0.05) is 5.69 Å². The predicted octanol–water partition coefficient (Wildman–Crippen LogP) is 3.01. The van der Waals surface area contributed by atoms with Gasteiger partial charge in [0.25, 0.3) is 0 Å². The molecule has 4 nitrogen and oxygen atoms in total. The van der Waals surface area contributed by atoms with Crippen LogP contribution >= 0.6 is 0 Å². The van der Waals surface area contributed by atoms with Crippen molar-refractivity contribution in [3.63, 3.8) is 0 Å². The lowest BCUT2D eigenvalue weighted by Gasteiger charge is -2.08. The van der Waals surface area contributed by atoms with E-state index in [0.717, 1.165) is 19.3 Å². The molecule has 0 spiro atoms. The van der Waals surface area contributed by atoms with Crippen LogP contribution in [0.15, 0.2) is 18.2 Å². The number of unbranched alkanes of at least 4 members (excludes halogenated alkanes) is 3. The van der Waals surface area contributed by atoms with E-state index in [4.69, 9.17) is 15.2 Å². The molecule has 0 aliphatic rings. The molecule has 100 valence electrons. The van der Waals surface area contributed by atoms with Gasteiger partial charge >= 0.3 is 5.97 Å².